The van der Waals surface area contributed by atoms with E-state index in [4.69, 9.17) is 22.1 Å². The predicted molar refractivity (Wildman–Crippen MR) is 69.3 cm³/mol. The summed E-state index contributed by atoms with van der Waals surface area (Å²) in [6.45, 7) is 3.36. The molecule has 1 aromatic rings. The lowest BCUT2D eigenvalue weighted by atomic mass is 10.1. The Morgan fingerprint density at radius 1 is 1.44 bits per heavy atom. The zero-order valence-corrected chi connectivity index (χ0v) is 11.2. The minimum absolute atomic E-state index is 0.191. The number of hydrogen-bond acceptors (Lipinski definition) is 3. The minimum atomic E-state index is -0.890. The number of carbonyl (C=O) groups excluding carboxylic acids is 2. The van der Waals surface area contributed by atoms with E-state index in [0.717, 1.165) is 11.1 Å². The lowest BCUT2D eigenvalue weighted by molar-refractivity contribution is -0.153. The fourth-order valence-corrected chi connectivity index (χ4v) is 1.56. The first-order chi connectivity index (χ1) is 8.40. The Morgan fingerprint density at radius 2 is 2.11 bits per heavy atom. The normalized spacial score (nSPS) is 11.9. The maximum atomic E-state index is 11.4. The number of benzene rings is 1. The molecule has 1 atom stereocenters. The highest BCUT2D eigenvalue weighted by atomic mass is 35.5. The van der Waals surface area contributed by atoms with E-state index in [1.807, 2.05) is 25.1 Å². The molecule has 0 aliphatic rings. The van der Waals surface area contributed by atoms with Gasteiger partial charge in [0.25, 0.3) is 5.91 Å². The number of amides is 1. The average Bonchev–Trinajstić information content (AvgIpc) is 2.30. The molecule has 0 spiro atoms. The van der Waals surface area contributed by atoms with Crippen LogP contribution in [0.15, 0.2) is 18.2 Å². The van der Waals surface area contributed by atoms with Crippen LogP contribution in [0.25, 0.3) is 0 Å². The summed E-state index contributed by atoms with van der Waals surface area (Å²) in [6.07, 6.45) is -0.180. The highest BCUT2D eigenvalue weighted by molar-refractivity contribution is 6.31. The summed E-state index contributed by atoms with van der Waals surface area (Å²) in [6, 6.07) is 5.63. The summed E-state index contributed by atoms with van der Waals surface area (Å²) in [5, 5.41) is 0.673. The summed E-state index contributed by atoms with van der Waals surface area (Å²) in [7, 11) is 0. The summed E-state index contributed by atoms with van der Waals surface area (Å²) in [5.74, 6) is -1.10. The van der Waals surface area contributed by atoms with Crippen LogP contribution in [0, 0.1) is 6.92 Å². The van der Waals surface area contributed by atoms with Crippen molar-refractivity contribution in [3.8, 4) is 0 Å². The molecule has 0 fully saturated rings. The smallest absolute Gasteiger partial charge is 0.306 e. The van der Waals surface area contributed by atoms with Gasteiger partial charge in [0.2, 0.25) is 0 Å². The number of primary amides is 1. The molecule has 0 aliphatic heterocycles. The number of hydrogen-bond donors (Lipinski definition) is 1. The first-order valence-corrected chi connectivity index (χ1v) is 6.01. The molecule has 0 saturated carbocycles. The summed E-state index contributed by atoms with van der Waals surface area (Å²) in [5.41, 5.74) is 6.94. The fraction of sp³-hybridized carbons (Fsp3) is 0.385. The van der Waals surface area contributed by atoms with Crippen LogP contribution >= 0.6 is 11.6 Å². The van der Waals surface area contributed by atoms with Gasteiger partial charge in [0.15, 0.2) is 6.10 Å². The summed E-state index contributed by atoms with van der Waals surface area (Å²) < 4.78 is 4.84. The van der Waals surface area contributed by atoms with Crippen molar-refractivity contribution in [2.24, 2.45) is 5.73 Å². The Kier molecular flexibility index (Phi) is 5.16. The molecule has 1 rings (SSSR count). The third-order valence-electron chi connectivity index (χ3n) is 2.56. The van der Waals surface area contributed by atoms with E-state index in [-0.39, 0.29) is 6.42 Å². The maximum absolute atomic E-state index is 11.4. The van der Waals surface area contributed by atoms with Gasteiger partial charge in [-0.2, -0.15) is 0 Å². The molecule has 18 heavy (non-hydrogen) atoms. The number of rotatable bonds is 5. The molecule has 0 aromatic heterocycles. The molecule has 0 heterocycles. The molecule has 0 saturated heterocycles. The van der Waals surface area contributed by atoms with Crippen molar-refractivity contribution in [3.05, 3.63) is 34.3 Å². The molecule has 0 radical (unpaired) electrons. The van der Waals surface area contributed by atoms with E-state index in [2.05, 4.69) is 0 Å². The third kappa shape index (κ3) is 4.37. The predicted octanol–water partition coefficient (Wildman–Crippen LogP) is 2.00. The molecule has 4 nitrogen and oxygen atoms in total. The quantitative estimate of drug-likeness (QED) is 0.831. The lowest BCUT2D eigenvalue weighted by Crippen LogP contribution is -2.30. The Hall–Kier alpha value is -1.55. The zero-order valence-electron chi connectivity index (χ0n) is 10.4. The Bertz CT molecular complexity index is 460. The average molecular weight is 270 g/mol. The van der Waals surface area contributed by atoms with E-state index in [1.54, 1.807) is 0 Å². The van der Waals surface area contributed by atoms with Gasteiger partial charge in [-0.1, -0.05) is 23.7 Å². The molecule has 1 amide bonds. The van der Waals surface area contributed by atoms with Gasteiger partial charge in [0.05, 0.1) is 0 Å². The van der Waals surface area contributed by atoms with Crippen LogP contribution in [-0.2, 0) is 20.7 Å². The minimum Gasteiger partial charge on any atom is -0.453 e. The fourth-order valence-electron chi connectivity index (χ4n) is 1.35. The van der Waals surface area contributed by atoms with Gasteiger partial charge in [-0.05, 0) is 37.5 Å². The van der Waals surface area contributed by atoms with Crippen molar-refractivity contribution in [1.82, 2.24) is 0 Å². The van der Waals surface area contributed by atoms with Gasteiger partial charge >= 0.3 is 5.97 Å². The number of ether oxygens (including phenoxy) is 1. The van der Waals surface area contributed by atoms with Crippen LogP contribution in [0.3, 0.4) is 0 Å². The topological polar surface area (TPSA) is 69.4 Å². The second-order valence-electron chi connectivity index (χ2n) is 4.12. The van der Waals surface area contributed by atoms with Crippen LogP contribution in [0.2, 0.25) is 5.02 Å². The van der Waals surface area contributed by atoms with Gasteiger partial charge in [-0.3, -0.25) is 9.59 Å². The van der Waals surface area contributed by atoms with Crippen LogP contribution in [-0.4, -0.2) is 18.0 Å². The number of carbonyl (C=O) groups is 2. The van der Waals surface area contributed by atoms with Gasteiger partial charge < -0.3 is 10.5 Å². The summed E-state index contributed by atoms with van der Waals surface area (Å²) in [4.78, 5) is 22.1. The molecule has 1 aromatic carbocycles. The van der Waals surface area contributed by atoms with Crippen molar-refractivity contribution >= 4 is 23.5 Å². The SMILES string of the molecule is Cc1ccc(CCC(=O)O[C@H](C)C(N)=O)cc1Cl. The maximum Gasteiger partial charge on any atom is 0.306 e. The second-order valence-corrected chi connectivity index (χ2v) is 4.53. The van der Waals surface area contributed by atoms with Crippen molar-refractivity contribution < 1.29 is 14.3 Å². The third-order valence-corrected chi connectivity index (χ3v) is 2.97. The number of esters is 1. The van der Waals surface area contributed by atoms with Crippen LogP contribution in [0.1, 0.15) is 24.5 Å². The number of nitrogens with two attached hydrogens (primary N) is 1. The lowest BCUT2D eigenvalue weighted by Gasteiger charge is -2.09. The van der Waals surface area contributed by atoms with Gasteiger partial charge in [0.1, 0.15) is 0 Å². The van der Waals surface area contributed by atoms with Gasteiger partial charge in [-0.25, -0.2) is 0 Å². The second kappa shape index (κ2) is 6.40. The van der Waals surface area contributed by atoms with Gasteiger partial charge in [-0.15, -0.1) is 0 Å². The van der Waals surface area contributed by atoms with Crippen LogP contribution in [0.4, 0.5) is 0 Å². The largest absolute Gasteiger partial charge is 0.453 e. The van der Waals surface area contributed by atoms with Crippen molar-refractivity contribution in [2.45, 2.75) is 32.8 Å². The molecule has 5 heteroatoms. The van der Waals surface area contributed by atoms with Crippen molar-refractivity contribution in [2.75, 3.05) is 0 Å². The van der Waals surface area contributed by atoms with Gasteiger partial charge in [0, 0.05) is 11.4 Å². The molecule has 2 N–H and O–H groups in total. The Balaban J connectivity index is 2.47. The number of aryl methyl sites for hydroxylation is 2. The van der Waals surface area contributed by atoms with Crippen molar-refractivity contribution in [3.63, 3.8) is 0 Å². The van der Waals surface area contributed by atoms with E-state index in [0.29, 0.717) is 11.4 Å². The molecular weight excluding hydrogens is 254 g/mol. The standard InChI is InChI=1S/C13H16ClNO3/c1-8-3-4-10(7-11(8)14)5-6-12(16)18-9(2)13(15)17/h3-4,7,9H,5-6H2,1-2H3,(H2,15,17)/t9-/m1/s1. The first-order valence-electron chi connectivity index (χ1n) is 5.64. The summed E-state index contributed by atoms with van der Waals surface area (Å²) >= 11 is 5.98. The van der Waals surface area contributed by atoms with E-state index < -0.39 is 18.0 Å². The highest BCUT2D eigenvalue weighted by Crippen LogP contribution is 2.17. The van der Waals surface area contributed by atoms with Crippen LogP contribution in [0.5, 0.6) is 0 Å². The van der Waals surface area contributed by atoms with Crippen LogP contribution < -0.4 is 5.73 Å². The number of halogens is 1. The van der Waals surface area contributed by atoms with Crippen molar-refractivity contribution in [1.29, 1.82) is 0 Å². The molecule has 0 unspecified atom stereocenters. The molecule has 0 bridgehead atoms. The first kappa shape index (κ1) is 14.5. The Labute approximate surface area is 111 Å². The molecule has 98 valence electrons. The monoisotopic (exact) mass is 269 g/mol. The molecular formula is C13H16ClNO3. The van der Waals surface area contributed by atoms with E-state index in [9.17, 15) is 9.59 Å². The Morgan fingerprint density at radius 3 is 2.67 bits per heavy atom. The highest BCUT2D eigenvalue weighted by Gasteiger charge is 2.14. The zero-order chi connectivity index (χ0) is 13.7. The molecule has 0 aliphatic carbocycles. The van der Waals surface area contributed by atoms with E-state index in [1.165, 1.54) is 6.92 Å². The van der Waals surface area contributed by atoms with E-state index >= 15 is 0 Å².